The highest BCUT2D eigenvalue weighted by Gasteiger charge is 2.36. The van der Waals surface area contributed by atoms with Gasteiger partial charge < -0.3 is 9.57 Å². The number of carbonyl (C=O) groups is 2. The van der Waals surface area contributed by atoms with Crippen LogP contribution in [0.5, 0.6) is 5.75 Å². The summed E-state index contributed by atoms with van der Waals surface area (Å²) in [6.45, 7) is 0. The molecule has 0 fully saturated rings. The Bertz CT molecular complexity index is 738. The molecule has 0 aliphatic carbocycles. The smallest absolute Gasteiger partial charge is 0.436 e. The number of rotatable bonds is 4. The minimum absolute atomic E-state index is 0.250. The second-order valence-corrected chi connectivity index (χ2v) is 5.43. The molecule has 0 spiro atoms. The van der Waals surface area contributed by atoms with E-state index < -0.39 is 18.2 Å². The number of alkyl halides is 1. The van der Waals surface area contributed by atoms with Gasteiger partial charge in [-0.05, 0) is 24.3 Å². The highest BCUT2D eigenvalue weighted by atomic mass is 35.5. The van der Waals surface area contributed by atoms with E-state index in [1.54, 1.807) is 48.5 Å². The van der Waals surface area contributed by atoms with E-state index >= 15 is 0 Å². The van der Waals surface area contributed by atoms with Gasteiger partial charge in [0.25, 0.3) is 5.91 Å². The molecular weight excluding hydrogens is 332 g/mol. The SMILES string of the molecule is O=C(Nc1ccccc1)ON1C(=O)c2ccccc2O[C@@H]1CCCl. The van der Waals surface area contributed by atoms with Gasteiger partial charge in [0.05, 0.1) is 5.56 Å². The van der Waals surface area contributed by atoms with Gasteiger partial charge in [0, 0.05) is 18.0 Å². The molecular formula is C17H15ClN2O4. The number of nitrogens with one attached hydrogen (secondary N) is 1. The number of nitrogens with zero attached hydrogens (tertiary/aromatic N) is 1. The highest BCUT2D eigenvalue weighted by molar-refractivity contribution is 6.17. The summed E-state index contributed by atoms with van der Waals surface area (Å²) in [5, 5.41) is 3.47. The summed E-state index contributed by atoms with van der Waals surface area (Å²) in [4.78, 5) is 29.8. The van der Waals surface area contributed by atoms with E-state index in [4.69, 9.17) is 21.2 Å². The van der Waals surface area contributed by atoms with Crippen molar-refractivity contribution in [3.05, 3.63) is 60.2 Å². The fourth-order valence-electron chi connectivity index (χ4n) is 2.31. The van der Waals surface area contributed by atoms with Gasteiger partial charge in [0.2, 0.25) is 6.23 Å². The molecule has 2 amide bonds. The van der Waals surface area contributed by atoms with Crippen LogP contribution in [0, 0.1) is 0 Å². The summed E-state index contributed by atoms with van der Waals surface area (Å²) in [6.07, 6.45) is -1.23. The van der Waals surface area contributed by atoms with Gasteiger partial charge in [-0.2, -0.15) is 0 Å². The van der Waals surface area contributed by atoms with Gasteiger partial charge in [-0.1, -0.05) is 30.3 Å². The second-order valence-electron chi connectivity index (χ2n) is 5.05. The molecule has 2 aromatic rings. The summed E-state index contributed by atoms with van der Waals surface area (Å²) in [6, 6.07) is 15.6. The molecule has 0 saturated carbocycles. The van der Waals surface area contributed by atoms with Gasteiger partial charge in [0.1, 0.15) is 5.75 Å². The molecule has 0 unspecified atom stereocenters. The molecule has 2 aromatic carbocycles. The quantitative estimate of drug-likeness (QED) is 0.858. The first-order chi connectivity index (χ1) is 11.7. The summed E-state index contributed by atoms with van der Waals surface area (Å²) in [7, 11) is 0. The number of hydroxylamine groups is 2. The molecule has 24 heavy (non-hydrogen) atoms. The number of benzene rings is 2. The van der Waals surface area contributed by atoms with Crippen molar-refractivity contribution in [3.8, 4) is 5.75 Å². The maximum Gasteiger partial charge on any atom is 0.436 e. The van der Waals surface area contributed by atoms with Crippen molar-refractivity contribution < 1.29 is 19.2 Å². The minimum atomic E-state index is -0.780. The molecule has 1 heterocycles. The molecule has 1 aliphatic rings. The molecule has 124 valence electrons. The topological polar surface area (TPSA) is 67.9 Å². The van der Waals surface area contributed by atoms with Crippen LogP contribution < -0.4 is 10.1 Å². The van der Waals surface area contributed by atoms with E-state index in [1.807, 2.05) is 6.07 Å². The lowest BCUT2D eigenvalue weighted by Gasteiger charge is -2.34. The third kappa shape index (κ3) is 3.44. The van der Waals surface area contributed by atoms with Crippen LogP contribution >= 0.6 is 11.6 Å². The number of hydrogen-bond acceptors (Lipinski definition) is 4. The molecule has 0 aromatic heterocycles. The lowest BCUT2D eigenvalue weighted by Crippen LogP contribution is -2.49. The van der Waals surface area contributed by atoms with Crippen LogP contribution in [0.15, 0.2) is 54.6 Å². The molecule has 1 atom stereocenters. The number of anilines is 1. The Hall–Kier alpha value is -2.73. The van der Waals surface area contributed by atoms with E-state index in [0.29, 0.717) is 23.4 Å². The zero-order valence-corrected chi connectivity index (χ0v) is 13.4. The van der Waals surface area contributed by atoms with E-state index in [9.17, 15) is 9.59 Å². The summed E-state index contributed by atoms with van der Waals surface area (Å²) in [5.41, 5.74) is 0.887. The Labute approximate surface area is 143 Å². The first kappa shape index (κ1) is 16.1. The molecule has 0 bridgehead atoms. The minimum Gasteiger partial charge on any atom is -0.466 e. The van der Waals surface area contributed by atoms with Crippen molar-refractivity contribution in [3.63, 3.8) is 0 Å². The predicted octanol–water partition coefficient (Wildman–Crippen LogP) is 3.64. The molecule has 6 nitrogen and oxygen atoms in total. The summed E-state index contributed by atoms with van der Waals surface area (Å²) in [5.74, 6) is 0.247. The number of halogens is 1. The van der Waals surface area contributed by atoms with Gasteiger partial charge in [-0.15, -0.1) is 16.7 Å². The van der Waals surface area contributed by atoms with Gasteiger partial charge in [0.15, 0.2) is 0 Å². The second kappa shape index (κ2) is 7.23. The van der Waals surface area contributed by atoms with E-state index in [0.717, 1.165) is 5.06 Å². The Morgan fingerprint density at radius 2 is 1.88 bits per heavy atom. The average molecular weight is 347 g/mol. The number of ether oxygens (including phenoxy) is 1. The summed E-state index contributed by atoms with van der Waals surface area (Å²) >= 11 is 5.77. The highest BCUT2D eigenvalue weighted by Crippen LogP contribution is 2.29. The van der Waals surface area contributed by atoms with Crippen LogP contribution in [0.2, 0.25) is 0 Å². The van der Waals surface area contributed by atoms with E-state index in [-0.39, 0.29) is 5.88 Å². The lowest BCUT2D eigenvalue weighted by atomic mass is 10.1. The molecule has 0 radical (unpaired) electrons. The fraction of sp³-hybridized carbons (Fsp3) is 0.176. The molecule has 1 N–H and O–H groups in total. The largest absolute Gasteiger partial charge is 0.466 e. The fourth-order valence-corrected chi connectivity index (χ4v) is 2.50. The van der Waals surface area contributed by atoms with Gasteiger partial charge in [-0.25, -0.2) is 4.79 Å². The van der Waals surface area contributed by atoms with Crippen LogP contribution in [0.25, 0.3) is 0 Å². The Kier molecular flexibility index (Phi) is 4.86. The third-order valence-electron chi connectivity index (χ3n) is 3.40. The van der Waals surface area contributed by atoms with Crippen molar-refractivity contribution in [1.29, 1.82) is 0 Å². The maximum atomic E-state index is 12.6. The monoisotopic (exact) mass is 346 g/mol. The molecule has 3 rings (SSSR count). The van der Waals surface area contributed by atoms with Crippen molar-refractivity contribution in [2.45, 2.75) is 12.6 Å². The van der Waals surface area contributed by atoms with Crippen molar-refractivity contribution >= 4 is 29.3 Å². The summed E-state index contributed by atoms with van der Waals surface area (Å²) < 4.78 is 5.72. The predicted molar refractivity (Wildman–Crippen MR) is 88.9 cm³/mol. The zero-order valence-electron chi connectivity index (χ0n) is 12.6. The van der Waals surface area contributed by atoms with Crippen LogP contribution in [-0.2, 0) is 4.84 Å². The maximum absolute atomic E-state index is 12.6. The standard InChI is InChI=1S/C17H15ClN2O4/c18-11-10-15-20(16(21)13-8-4-5-9-14(13)23-15)24-17(22)19-12-6-2-1-3-7-12/h1-9,15H,10-11H2,(H,19,22)/t15-/m1/s1. The first-order valence-corrected chi connectivity index (χ1v) is 7.91. The van der Waals surface area contributed by atoms with Gasteiger partial charge in [-0.3, -0.25) is 10.1 Å². The van der Waals surface area contributed by atoms with E-state index in [2.05, 4.69) is 5.32 Å². The van der Waals surface area contributed by atoms with Crippen LogP contribution in [0.3, 0.4) is 0 Å². The van der Waals surface area contributed by atoms with Crippen molar-refractivity contribution in [1.82, 2.24) is 5.06 Å². The Balaban J connectivity index is 1.77. The number of amides is 2. The molecule has 7 heteroatoms. The molecule has 1 aliphatic heterocycles. The number of fused-ring (bicyclic) bond motifs is 1. The van der Waals surface area contributed by atoms with Crippen LogP contribution in [0.4, 0.5) is 10.5 Å². The number of hydrogen-bond donors (Lipinski definition) is 1. The number of para-hydroxylation sites is 2. The van der Waals surface area contributed by atoms with Crippen molar-refractivity contribution in [2.24, 2.45) is 0 Å². The van der Waals surface area contributed by atoms with Crippen LogP contribution in [-0.4, -0.2) is 29.2 Å². The van der Waals surface area contributed by atoms with Gasteiger partial charge >= 0.3 is 6.09 Å². The third-order valence-corrected chi connectivity index (χ3v) is 3.62. The lowest BCUT2D eigenvalue weighted by molar-refractivity contribution is -0.153. The normalized spacial score (nSPS) is 16.1. The Morgan fingerprint density at radius 3 is 2.62 bits per heavy atom. The molecule has 0 saturated heterocycles. The van der Waals surface area contributed by atoms with E-state index in [1.165, 1.54) is 0 Å². The average Bonchev–Trinajstić information content (AvgIpc) is 2.59. The zero-order chi connectivity index (χ0) is 16.9. The first-order valence-electron chi connectivity index (χ1n) is 7.38. The Morgan fingerprint density at radius 1 is 1.17 bits per heavy atom. The number of carbonyl (C=O) groups excluding carboxylic acids is 2. The van der Waals surface area contributed by atoms with Crippen LogP contribution in [0.1, 0.15) is 16.8 Å². The van der Waals surface area contributed by atoms with Crippen molar-refractivity contribution in [2.75, 3.05) is 11.2 Å².